The molecule has 0 aromatic carbocycles. The first kappa shape index (κ1) is 12.9. The van der Waals surface area contributed by atoms with E-state index >= 15 is 0 Å². The summed E-state index contributed by atoms with van der Waals surface area (Å²) in [6.45, 7) is 2.10. The van der Waals surface area contributed by atoms with Crippen molar-refractivity contribution in [3.05, 3.63) is 23.9 Å². The lowest BCUT2D eigenvalue weighted by atomic mass is 9.99. The van der Waals surface area contributed by atoms with Gasteiger partial charge in [-0.2, -0.15) is 0 Å². The Balaban J connectivity index is 2.92. The Labute approximate surface area is 96.2 Å². The van der Waals surface area contributed by atoms with Crippen molar-refractivity contribution in [1.82, 2.24) is 10.4 Å². The van der Waals surface area contributed by atoms with Crippen molar-refractivity contribution in [2.45, 2.75) is 31.9 Å². The third kappa shape index (κ3) is 2.91. The molecule has 16 heavy (non-hydrogen) atoms. The predicted molar refractivity (Wildman–Crippen MR) is 64.4 cm³/mol. The van der Waals surface area contributed by atoms with Gasteiger partial charge in [0.05, 0.1) is 12.1 Å². The van der Waals surface area contributed by atoms with Gasteiger partial charge >= 0.3 is 0 Å². The smallest absolute Gasteiger partial charge is 0.128 e. The van der Waals surface area contributed by atoms with Gasteiger partial charge < -0.3 is 10.5 Å². The monoisotopic (exact) mass is 224 g/mol. The molecule has 2 atom stereocenters. The Kier molecular flexibility index (Phi) is 5.18. The van der Waals surface area contributed by atoms with Gasteiger partial charge in [0.2, 0.25) is 0 Å². The van der Waals surface area contributed by atoms with Gasteiger partial charge in [0.25, 0.3) is 0 Å². The van der Waals surface area contributed by atoms with Gasteiger partial charge in [-0.15, -0.1) is 0 Å². The summed E-state index contributed by atoms with van der Waals surface area (Å²) >= 11 is 0. The number of nitrogens with one attached hydrogen (secondary N) is 1. The molecule has 0 radical (unpaired) electrons. The predicted octanol–water partition coefficient (Wildman–Crippen LogP) is 0.983. The maximum atomic E-state index is 5.82. The molecule has 1 aromatic rings. The Morgan fingerprint density at radius 1 is 1.56 bits per heavy atom. The van der Waals surface area contributed by atoms with Gasteiger partial charge in [0.15, 0.2) is 0 Å². The second-order valence-electron chi connectivity index (χ2n) is 3.69. The number of anilines is 1. The number of nitrogens with zero attached hydrogens (tertiary/aromatic N) is 1. The van der Waals surface area contributed by atoms with Crippen LogP contribution in [0, 0.1) is 0 Å². The Morgan fingerprint density at radius 2 is 2.31 bits per heavy atom. The normalized spacial score (nSPS) is 14.7. The van der Waals surface area contributed by atoms with Gasteiger partial charge in [-0.25, -0.2) is 4.98 Å². The molecule has 1 heterocycles. The molecule has 5 nitrogen and oxygen atoms in total. The summed E-state index contributed by atoms with van der Waals surface area (Å²) in [5.41, 5.74) is 9.45. The number of nitrogen functional groups attached to an aromatic ring is 1. The number of pyridine rings is 1. The highest BCUT2D eigenvalue weighted by atomic mass is 16.5. The SMILES string of the molecule is CCCC(OC)C(NN)c1cccnc1N. The van der Waals surface area contributed by atoms with Gasteiger partial charge in [0.1, 0.15) is 5.82 Å². The van der Waals surface area contributed by atoms with Crippen molar-refractivity contribution < 1.29 is 4.74 Å². The van der Waals surface area contributed by atoms with E-state index in [1.54, 1.807) is 13.3 Å². The van der Waals surface area contributed by atoms with E-state index in [0.29, 0.717) is 5.82 Å². The van der Waals surface area contributed by atoms with Crippen LogP contribution in [0.1, 0.15) is 31.4 Å². The summed E-state index contributed by atoms with van der Waals surface area (Å²) in [5, 5.41) is 0. The van der Waals surface area contributed by atoms with E-state index in [9.17, 15) is 0 Å². The standard InChI is InChI=1S/C11H20N4O/c1-3-5-9(16-2)10(15-13)8-6-4-7-14-11(8)12/h4,6-7,9-10,15H,3,5,13H2,1-2H3,(H2,12,14). The molecule has 5 heteroatoms. The van der Waals surface area contributed by atoms with E-state index < -0.39 is 0 Å². The number of nitrogens with two attached hydrogens (primary N) is 2. The van der Waals surface area contributed by atoms with Crippen LogP contribution in [0.15, 0.2) is 18.3 Å². The highest BCUT2D eigenvalue weighted by Crippen LogP contribution is 2.24. The lowest BCUT2D eigenvalue weighted by Crippen LogP contribution is -2.38. The summed E-state index contributed by atoms with van der Waals surface area (Å²) < 4.78 is 5.43. The number of hydrogen-bond donors (Lipinski definition) is 3. The first-order valence-electron chi connectivity index (χ1n) is 5.43. The third-order valence-corrected chi connectivity index (χ3v) is 2.63. The Hall–Kier alpha value is -1.17. The van der Waals surface area contributed by atoms with Crippen LogP contribution in [0.4, 0.5) is 5.82 Å². The third-order valence-electron chi connectivity index (χ3n) is 2.63. The zero-order valence-corrected chi connectivity index (χ0v) is 9.81. The van der Waals surface area contributed by atoms with Gasteiger partial charge in [-0.3, -0.25) is 11.3 Å². The fraction of sp³-hybridized carbons (Fsp3) is 0.545. The molecule has 1 aromatic heterocycles. The molecule has 0 fully saturated rings. The molecule has 0 spiro atoms. The number of methoxy groups -OCH3 is 1. The molecule has 2 unspecified atom stereocenters. The maximum absolute atomic E-state index is 5.82. The Bertz CT molecular complexity index is 319. The van der Waals surface area contributed by atoms with Crippen molar-refractivity contribution >= 4 is 5.82 Å². The minimum atomic E-state index is -0.126. The van der Waals surface area contributed by atoms with Gasteiger partial charge in [-0.05, 0) is 12.5 Å². The van der Waals surface area contributed by atoms with Crippen LogP contribution in [0.5, 0.6) is 0 Å². The summed E-state index contributed by atoms with van der Waals surface area (Å²) in [7, 11) is 1.68. The first-order valence-corrected chi connectivity index (χ1v) is 5.43. The molecular formula is C11H20N4O. The molecule has 0 amide bonds. The quantitative estimate of drug-likeness (QED) is 0.495. The van der Waals surface area contributed by atoms with Crippen molar-refractivity contribution in [2.24, 2.45) is 5.84 Å². The van der Waals surface area contributed by atoms with Crippen molar-refractivity contribution in [1.29, 1.82) is 0 Å². The van der Waals surface area contributed by atoms with E-state index in [4.69, 9.17) is 16.3 Å². The van der Waals surface area contributed by atoms with Crippen LogP contribution >= 0.6 is 0 Å². The molecule has 0 saturated carbocycles. The lowest BCUT2D eigenvalue weighted by Gasteiger charge is -2.26. The van der Waals surface area contributed by atoms with Crippen LogP contribution in [-0.4, -0.2) is 18.2 Å². The zero-order chi connectivity index (χ0) is 12.0. The number of ether oxygens (including phenoxy) is 1. The highest BCUT2D eigenvalue weighted by Gasteiger charge is 2.23. The van der Waals surface area contributed by atoms with E-state index in [2.05, 4.69) is 17.3 Å². The van der Waals surface area contributed by atoms with Gasteiger partial charge in [0, 0.05) is 18.9 Å². The minimum absolute atomic E-state index is 0.00139. The minimum Gasteiger partial charge on any atom is -0.383 e. The van der Waals surface area contributed by atoms with Crippen molar-refractivity contribution in [3.63, 3.8) is 0 Å². The van der Waals surface area contributed by atoms with Crippen LogP contribution < -0.4 is 17.0 Å². The highest BCUT2D eigenvalue weighted by molar-refractivity contribution is 5.41. The molecular weight excluding hydrogens is 204 g/mol. The maximum Gasteiger partial charge on any atom is 0.128 e. The number of hydrogen-bond acceptors (Lipinski definition) is 5. The molecule has 0 saturated heterocycles. The lowest BCUT2D eigenvalue weighted by molar-refractivity contribution is 0.0607. The molecule has 0 aliphatic carbocycles. The molecule has 90 valence electrons. The van der Waals surface area contributed by atoms with Crippen LogP contribution in [0.2, 0.25) is 0 Å². The average molecular weight is 224 g/mol. The molecule has 1 rings (SSSR count). The van der Waals surface area contributed by atoms with Crippen molar-refractivity contribution in [2.75, 3.05) is 12.8 Å². The van der Waals surface area contributed by atoms with Crippen LogP contribution in [0.3, 0.4) is 0 Å². The van der Waals surface area contributed by atoms with E-state index in [1.807, 2.05) is 12.1 Å². The summed E-state index contributed by atoms with van der Waals surface area (Å²) in [4.78, 5) is 4.05. The molecule has 0 aliphatic heterocycles. The average Bonchev–Trinajstić information content (AvgIpc) is 2.31. The second-order valence-corrected chi connectivity index (χ2v) is 3.69. The zero-order valence-electron chi connectivity index (χ0n) is 9.81. The molecule has 0 aliphatic rings. The largest absolute Gasteiger partial charge is 0.383 e. The molecule has 5 N–H and O–H groups in total. The van der Waals surface area contributed by atoms with E-state index in [-0.39, 0.29) is 12.1 Å². The number of hydrazine groups is 1. The molecule has 0 bridgehead atoms. The van der Waals surface area contributed by atoms with E-state index in [0.717, 1.165) is 18.4 Å². The van der Waals surface area contributed by atoms with Gasteiger partial charge in [-0.1, -0.05) is 19.4 Å². The second kappa shape index (κ2) is 6.42. The topological polar surface area (TPSA) is 86.2 Å². The van der Waals surface area contributed by atoms with E-state index in [1.165, 1.54) is 0 Å². The fourth-order valence-electron chi connectivity index (χ4n) is 1.80. The summed E-state index contributed by atoms with van der Waals surface area (Å²) in [6, 6.07) is 3.63. The van der Waals surface area contributed by atoms with Crippen molar-refractivity contribution in [3.8, 4) is 0 Å². The van der Waals surface area contributed by atoms with Crippen LogP contribution in [0.25, 0.3) is 0 Å². The number of aromatic nitrogens is 1. The summed E-state index contributed by atoms with van der Waals surface area (Å²) in [5.74, 6) is 6.06. The Morgan fingerprint density at radius 3 is 2.81 bits per heavy atom. The fourth-order valence-corrected chi connectivity index (χ4v) is 1.80. The summed E-state index contributed by atoms with van der Waals surface area (Å²) in [6.07, 6.45) is 3.60. The first-order chi connectivity index (χ1) is 7.74. The number of rotatable bonds is 6. The van der Waals surface area contributed by atoms with Crippen LogP contribution in [-0.2, 0) is 4.74 Å².